The highest BCUT2D eigenvalue weighted by Gasteiger charge is 2.00. The van der Waals surface area contributed by atoms with Crippen LogP contribution in [0.4, 0.5) is 0 Å². The number of ether oxygens (including phenoxy) is 1. The van der Waals surface area contributed by atoms with Crippen molar-refractivity contribution in [2.75, 3.05) is 13.7 Å². The molecule has 15 heavy (non-hydrogen) atoms. The van der Waals surface area contributed by atoms with Crippen LogP contribution in [0.1, 0.15) is 5.56 Å². The molecule has 0 radical (unpaired) electrons. The third-order valence-electron chi connectivity index (χ3n) is 1.62. The number of nitrogens with zero attached hydrogens (tertiary/aromatic N) is 3. The average Bonchev–Trinajstić information content (AvgIpc) is 2.26. The summed E-state index contributed by atoms with van der Waals surface area (Å²) in [4.78, 5) is 2.57. The van der Waals surface area contributed by atoms with Gasteiger partial charge in [-0.25, -0.2) is 0 Å². The van der Waals surface area contributed by atoms with Crippen LogP contribution in [-0.4, -0.2) is 18.8 Å². The van der Waals surface area contributed by atoms with Crippen molar-refractivity contribution in [2.24, 2.45) is 5.11 Å². The fourth-order valence-electron chi connectivity index (χ4n) is 0.985. The second-order valence-electron chi connectivity index (χ2n) is 2.58. The molecule has 1 rings (SSSR count). The van der Waals surface area contributed by atoms with Gasteiger partial charge >= 0.3 is 0 Å². The Labute approximate surface area is 86.9 Å². The molecule has 0 spiro atoms. The molecule has 5 nitrogen and oxygen atoms in total. The van der Waals surface area contributed by atoms with Gasteiger partial charge in [-0.3, -0.25) is 0 Å². The van der Waals surface area contributed by atoms with Crippen LogP contribution >= 0.6 is 0 Å². The number of methoxy groups -OCH3 is 1. The summed E-state index contributed by atoms with van der Waals surface area (Å²) in [5.74, 6) is 6.05. The third-order valence-corrected chi connectivity index (χ3v) is 1.62. The Morgan fingerprint density at radius 2 is 2.40 bits per heavy atom. The number of azide groups is 1. The Balaban J connectivity index is 2.91. The number of phenolic OH excluding ortho intramolecular Hbond substituents is 1. The van der Waals surface area contributed by atoms with Crippen LogP contribution in [0.5, 0.6) is 11.5 Å². The van der Waals surface area contributed by atoms with Crippen molar-refractivity contribution in [1.29, 1.82) is 0 Å². The van der Waals surface area contributed by atoms with Crippen LogP contribution in [0.3, 0.4) is 0 Å². The molecule has 0 fully saturated rings. The van der Waals surface area contributed by atoms with Crippen LogP contribution in [0.15, 0.2) is 23.3 Å². The summed E-state index contributed by atoms with van der Waals surface area (Å²) in [6, 6.07) is 4.62. The maximum Gasteiger partial charge on any atom is 0.138 e. The molecule has 0 unspecified atom stereocenters. The van der Waals surface area contributed by atoms with Crippen LogP contribution in [-0.2, 0) is 0 Å². The Morgan fingerprint density at radius 3 is 3.07 bits per heavy atom. The number of hydrogen-bond acceptors (Lipinski definition) is 3. The van der Waals surface area contributed by atoms with Crippen molar-refractivity contribution in [3.8, 4) is 23.3 Å². The van der Waals surface area contributed by atoms with Crippen molar-refractivity contribution in [3.05, 3.63) is 34.2 Å². The van der Waals surface area contributed by atoms with Crippen LogP contribution in [0, 0.1) is 11.8 Å². The lowest BCUT2D eigenvalue weighted by atomic mass is 10.2. The van der Waals surface area contributed by atoms with E-state index in [1.807, 2.05) is 0 Å². The van der Waals surface area contributed by atoms with E-state index >= 15 is 0 Å². The van der Waals surface area contributed by atoms with Crippen LogP contribution in [0.25, 0.3) is 10.4 Å². The second-order valence-corrected chi connectivity index (χ2v) is 2.58. The third kappa shape index (κ3) is 3.14. The van der Waals surface area contributed by atoms with Crippen molar-refractivity contribution in [3.63, 3.8) is 0 Å². The molecule has 0 saturated carbocycles. The standard InChI is InChI=1S/C10H9N3O2/c1-15-10-7-9(14)5-4-8(10)3-2-6-12-13-11/h4-5,7,14H,6H2,1H3. The number of phenols is 1. The normalized spacial score (nSPS) is 8.33. The molecule has 0 atom stereocenters. The molecule has 1 aromatic carbocycles. The first-order valence-electron chi connectivity index (χ1n) is 4.14. The summed E-state index contributed by atoms with van der Waals surface area (Å²) in [6.45, 7) is 0.112. The Bertz CT molecular complexity index is 453. The van der Waals surface area contributed by atoms with Crippen molar-refractivity contribution in [2.45, 2.75) is 0 Å². The molecule has 0 aliphatic carbocycles. The Hall–Kier alpha value is -2.31. The lowest BCUT2D eigenvalue weighted by Gasteiger charge is -2.02. The van der Waals surface area contributed by atoms with Crippen molar-refractivity contribution in [1.82, 2.24) is 0 Å². The molecule has 1 N–H and O–H groups in total. The van der Waals surface area contributed by atoms with E-state index in [9.17, 15) is 5.11 Å². The molecular weight excluding hydrogens is 194 g/mol. The van der Waals surface area contributed by atoms with Crippen LogP contribution in [0.2, 0.25) is 0 Å². The van der Waals surface area contributed by atoms with Gasteiger partial charge in [0.15, 0.2) is 0 Å². The summed E-state index contributed by atoms with van der Waals surface area (Å²) in [5, 5.41) is 12.5. The summed E-state index contributed by atoms with van der Waals surface area (Å²) in [5.41, 5.74) is 8.68. The number of hydrogen-bond donors (Lipinski definition) is 1. The molecular formula is C10H9N3O2. The van der Waals surface area contributed by atoms with Gasteiger partial charge in [0.25, 0.3) is 0 Å². The van der Waals surface area contributed by atoms with Gasteiger partial charge in [0.05, 0.1) is 19.2 Å². The van der Waals surface area contributed by atoms with Gasteiger partial charge in [-0.2, -0.15) is 0 Å². The molecule has 5 heteroatoms. The molecule has 0 aliphatic rings. The highest BCUT2D eigenvalue weighted by Crippen LogP contribution is 2.22. The molecule has 0 aromatic heterocycles. The molecule has 0 saturated heterocycles. The summed E-state index contributed by atoms with van der Waals surface area (Å²) in [6.07, 6.45) is 0. The van der Waals surface area contributed by atoms with E-state index in [0.29, 0.717) is 11.3 Å². The number of benzene rings is 1. The zero-order valence-electron chi connectivity index (χ0n) is 8.14. The maximum atomic E-state index is 9.18. The predicted molar refractivity (Wildman–Crippen MR) is 55.5 cm³/mol. The topological polar surface area (TPSA) is 78.2 Å². The summed E-state index contributed by atoms with van der Waals surface area (Å²) >= 11 is 0. The quantitative estimate of drug-likeness (QED) is 0.345. The van der Waals surface area contributed by atoms with Gasteiger partial charge in [0.1, 0.15) is 11.5 Å². The van der Waals surface area contributed by atoms with Crippen molar-refractivity contribution < 1.29 is 9.84 Å². The van der Waals surface area contributed by atoms with E-state index in [1.165, 1.54) is 19.2 Å². The minimum Gasteiger partial charge on any atom is -0.508 e. The molecule has 0 aliphatic heterocycles. The summed E-state index contributed by atoms with van der Waals surface area (Å²) < 4.78 is 5.02. The first-order chi connectivity index (χ1) is 7.27. The molecule has 76 valence electrons. The zero-order valence-corrected chi connectivity index (χ0v) is 8.14. The largest absolute Gasteiger partial charge is 0.508 e. The Kier molecular flexibility index (Phi) is 3.90. The zero-order chi connectivity index (χ0) is 11.1. The average molecular weight is 203 g/mol. The fourth-order valence-corrected chi connectivity index (χ4v) is 0.985. The van der Waals surface area contributed by atoms with E-state index in [2.05, 4.69) is 21.9 Å². The summed E-state index contributed by atoms with van der Waals surface area (Å²) in [7, 11) is 1.49. The van der Waals surface area contributed by atoms with Gasteiger partial charge in [0.2, 0.25) is 0 Å². The lowest BCUT2D eigenvalue weighted by molar-refractivity contribution is 0.406. The Morgan fingerprint density at radius 1 is 1.60 bits per heavy atom. The number of aromatic hydroxyl groups is 1. The number of rotatable bonds is 2. The van der Waals surface area contributed by atoms with E-state index in [-0.39, 0.29) is 12.3 Å². The van der Waals surface area contributed by atoms with E-state index in [4.69, 9.17) is 10.3 Å². The van der Waals surface area contributed by atoms with Gasteiger partial charge in [0, 0.05) is 11.0 Å². The van der Waals surface area contributed by atoms with Gasteiger partial charge < -0.3 is 9.84 Å². The monoisotopic (exact) mass is 203 g/mol. The molecule has 1 aromatic rings. The SMILES string of the molecule is COc1cc(O)ccc1C#CCN=[N+]=[N-]. The molecule has 0 bridgehead atoms. The van der Waals surface area contributed by atoms with Crippen molar-refractivity contribution >= 4 is 0 Å². The minimum absolute atomic E-state index is 0.112. The molecule has 0 amide bonds. The maximum absolute atomic E-state index is 9.18. The van der Waals surface area contributed by atoms with Gasteiger partial charge in [-0.15, -0.1) is 0 Å². The van der Waals surface area contributed by atoms with Crippen LogP contribution < -0.4 is 4.74 Å². The predicted octanol–water partition coefficient (Wildman–Crippen LogP) is 2.06. The van der Waals surface area contributed by atoms with E-state index in [1.54, 1.807) is 6.07 Å². The van der Waals surface area contributed by atoms with E-state index < -0.39 is 0 Å². The lowest BCUT2D eigenvalue weighted by Crippen LogP contribution is -1.87. The fraction of sp³-hybridized carbons (Fsp3) is 0.200. The smallest absolute Gasteiger partial charge is 0.138 e. The minimum atomic E-state index is 0.112. The molecule has 0 heterocycles. The van der Waals surface area contributed by atoms with Gasteiger partial charge in [-0.05, 0) is 17.7 Å². The first kappa shape index (κ1) is 10.8. The van der Waals surface area contributed by atoms with Gasteiger partial charge in [-0.1, -0.05) is 17.0 Å². The highest BCUT2D eigenvalue weighted by molar-refractivity contribution is 5.49. The second kappa shape index (κ2) is 5.43. The highest BCUT2D eigenvalue weighted by atomic mass is 16.5. The van der Waals surface area contributed by atoms with E-state index in [0.717, 1.165) is 0 Å². The first-order valence-corrected chi connectivity index (χ1v) is 4.14.